The van der Waals surface area contributed by atoms with Crippen LogP contribution in [-0.2, 0) is 23.8 Å². The minimum absolute atomic E-state index is 0.320. The van der Waals surface area contributed by atoms with Crippen molar-refractivity contribution in [3.05, 3.63) is 0 Å². The maximum atomic E-state index is 11.0. The highest BCUT2D eigenvalue weighted by atomic mass is 32.2. The number of rotatable bonds is 9. The van der Waals surface area contributed by atoms with E-state index >= 15 is 0 Å². The van der Waals surface area contributed by atoms with Crippen molar-refractivity contribution in [1.29, 1.82) is 0 Å². The summed E-state index contributed by atoms with van der Waals surface area (Å²) in [6, 6.07) is 0. The van der Waals surface area contributed by atoms with Gasteiger partial charge >= 0.3 is 0 Å². The molecule has 0 fully saturated rings. The average Bonchev–Trinajstić information content (AvgIpc) is 2.23. The van der Waals surface area contributed by atoms with Crippen molar-refractivity contribution in [2.45, 2.75) is 51.9 Å². The summed E-state index contributed by atoms with van der Waals surface area (Å²) in [4.78, 5) is 0. The Kier molecular flexibility index (Phi) is 7.23. The zero-order chi connectivity index (χ0) is 13.5. The predicted octanol–water partition coefficient (Wildman–Crippen LogP) is 1.92. The molecule has 0 radical (unpaired) electrons. The molecule has 6 heteroatoms. The normalized spacial score (nSPS) is 17.7. The lowest BCUT2D eigenvalue weighted by atomic mass is 10.1. The van der Waals surface area contributed by atoms with E-state index in [1.165, 1.54) is 0 Å². The molecule has 2 atom stereocenters. The topological polar surface area (TPSA) is 61.8 Å². The van der Waals surface area contributed by atoms with E-state index < -0.39 is 15.9 Å². The smallest absolute Gasteiger partial charge is 0.264 e. The molecule has 0 amide bonds. The van der Waals surface area contributed by atoms with Gasteiger partial charge in [0, 0.05) is 20.1 Å². The standard InChI is InChI=1S/C11H24O5S/c1-6-10(16-17(5,12)13)8-9-11(3,14-4)15-7-2/h10H,6-9H2,1-5H3. The Morgan fingerprint density at radius 1 is 1.29 bits per heavy atom. The molecule has 0 spiro atoms. The van der Waals surface area contributed by atoms with Gasteiger partial charge in [-0.15, -0.1) is 0 Å². The van der Waals surface area contributed by atoms with Gasteiger partial charge in [-0.1, -0.05) is 6.92 Å². The Labute approximate surface area is 105 Å². The van der Waals surface area contributed by atoms with Crippen molar-refractivity contribution < 1.29 is 22.1 Å². The van der Waals surface area contributed by atoms with E-state index in [1.54, 1.807) is 7.11 Å². The SMILES string of the molecule is CCOC(C)(CCC(CC)OS(C)(=O)=O)OC. The van der Waals surface area contributed by atoms with Gasteiger partial charge in [0.15, 0.2) is 5.79 Å². The predicted molar refractivity (Wildman–Crippen MR) is 66.3 cm³/mol. The van der Waals surface area contributed by atoms with Gasteiger partial charge in [-0.05, 0) is 26.7 Å². The molecule has 0 aliphatic rings. The molecule has 0 saturated heterocycles. The second-order valence-corrected chi connectivity index (χ2v) is 5.74. The first-order valence-electron chi connectivity index (χ1n) is 5.83. The zero-order valence-electron chi connectivity index (χ0n) is 11.4. The third kappa shape index (κ3) is 7.70. The van der Waals surface area contributed by atoms with Crippen molar-refractivity contribution in [3.8, 4) is 0 Å². The molecule has 2 unspecified atom stereocenters. The van der Waals surface area contributed by atoms with Crippen molar-refractivity contribution in [2.75, 3.05) is 20.0 Å². The minimum atomic E-state index is -3.40. The molecule has 0 saturated carbocycles. The highest BCUT2D eigenvalue weighted by Gasteiger charge is 2.26. The fourth-order valence-corrected chi connectivity index (χ4v) is 2.26. The molecule has 0 N–H and O–H groups in total. The highest BCUT2D eigenvalue weighted by molar-refractivity contribution is 7.86. The second kappa shape index (κ2) is 7.31. The Balaban J connectivity index is 4.30. The summed E-state index contributed by atoms with van der Waals surface area (Å²) in [6.45, 7) is 6.17. The van der Waals surface area contributed by atoms with Gasteiger partial charge in [-0.3, -0.25) is 4.18 Å². The maximum absolute atomic E-state index is 11.0. The summed E-state index contributed by atoms with van der Waals surface area (Å²) >= 11 is 0. The van der Waals surface area contributed by atoms with Gasteiger partial charge in [-0.2, -0.15) is 8.42 Å². The lowest BCUT2D eigenvalue weighted by molar-refractivity contribution is -0.213. The second-order valence-electron chi connectivity index (χ2n) is 4.14. The molecule has 0 rings (SSSR count). The number of hydrogen-bond acceptors (Lipinski definition) is 5. The lowest BCUT2D eigenvalue weighted by Crippen LogP contribution is -2.33. The number of hydrogen-bond donors (Lipinski definition) is 0. The Morgan fingerprint density at radius 3 is 2.24 bits per heavy atom. The average molecular weight is 268 g/mol. The van der Waals surface area contributed by atoms with Gasteiger partial charge in [0.1, 0.15) is 0 Å². The van der Waals surface area contributed by atoms with Crippen molar-refractivity contribution in [3.63, 3.8) is 0 Å². The van der Waals surface area contributed by atoms with E-state index in [2.05, 4.69) is 0 Å². The molecule has 17 heavy (non-hydrogen) atoms. The molecule has 0 aliphatic carbocycles. The van der Waals surface area contributed by atoms with E-state index in [-0.39, 0.29) is 6.10 Å². The summed E-state index contributed by atoms with van der Waals surface area (Å²) in [5.41, 5.74) is 0. The Bertz CT molecular complexity index is 301. The van der Waals surface area contributed by atoms with Gasteiger partial charge in [0.05, 0.1) is 12.4 Å². The molecule has 104 valence electrons. The van der Waals surface area contributed by atoms with Gasteiger partial charge < -0.3 is 9.47 Å². The largest absolute Gasteiger partial charge is 0.353 e. The summed E-state index contributed by atoms with van der Waals surface area (Å²) in [5.74, 6) is -0.678. The van der Waals surface area contributed by atoms with E-state index in [1.807, 2.05) is 20.8 Å². The van der Waals surface area contributed by atoms with Crippen molar-refractivity contribution in [2.24, 2.45) is 0 Å². The minimum Gasteiger partial charge on any atom is -0.353 e. The highest BCUT2D eigenvalue weighted by Crippen LogP contribution is 2.22. The lowest BCUT2D eigenvalue weighted by Gasteiger charge is -2.29. The first-order chi connectivity index (χ1) is 7.76. The Hall–Kier alpha value is -0.170. The summed E-state index contributed by atoms with van der Waals surface area (Å²) in [6.07, 6.45) is 2.55. The van der Waals surface area contributed by atoms with Crippen LogP contribution in [0.15, 0.2) is 0 Å². The maximum Gasteiger partial charge on any atom is 0.264 e. The molecule has 0 bridgehead atoms. The molecule has 0 aromatic rings. The van der Waals surface area contributed by atoms with Crippen LogP contribution in [0.5, 0.6) is 0 Å². The zero-order valence-corrected chi connectivity index (χ0v) is 12.2. The molecule has 0 aromatic carbocycles. The van der Waals surface area contributed by atoms with Gasteiger partial charge in [-0.25, -0.2) is 0 Å². The van der Waals surface area contributed by atoms with Crippen LogP contribution < -0.4 is 0 Å². The molecular weight excluding hydrogens is 244 g/mol. The summed E-state index contributed by atoms with van der Waals surface area (Å²) < 4.78 is 37.8. The van der Waals surface area contributed by atoms with Crippen LogP contribution in [0.1, 0.15) is 40.0 Å². The van der Waals surface area contributed by atoms with Crippen LogP contribution in [0.3, 0.4) is 0 Å². The summed E-state index contributed by atoms with van der Waals surface area (Å²) in [7, 11) is -1.83. The number of ether oxygens (including phenoxy) is 2. The molecule has 0 aromatic heterocycles. The molecule has 5 nitrogen and oxygen atoms in total. The Morgan fingerprint density at radius 2 is 1.88 bits per heavy atom. The van der Waals surface area contributed by atoms with Crippen LogP contribution in [0.2, 0.25) is 0 Å². The van der Waals surface area contributed by atoms with Crippen LogP contribution >= 0.6 is 0 Å². The molecule has 0 aliphatic heterocycles. The van der Waals surface area contributed by atoms with Gasteiger partial charge in [0.2, 0.25) is 0 Å². The van der Waals surface area contributed by atoms with Crippen LogP contribution in [0.25, 0.3) is 0 Å². The van der Waals surface area contributed by atoms with Gasteiger partial charge in [0.25, 0.3) is 10.1 Å². The number of methoxy groups -OCH3 is 1. The quantitative estimate of drug-likeness (QED) is 0.472. The van der Waals surface area contributed by atoms with E-state index in [0.717, 1.165) is 6.26 Å². The van der Waals surface area contributed by atoms with E-state index in [4.69, 9.17) is 13.7 Å². The molecule has 0 heterocycles. The van der Waals surface area contributed by atoms with Crippen LogP contribution in [0, 0.1) is 0 Å². The summed E-state index contributed by atoms with van der Waals surface area (Å²) in [5, 5.41) is 0. The fraction of sp³-hybridized carbons (Fsp3) is 1.00. The first-order valence-corrected chi connectivity index (χ1v) is 7.65. The first kappa shape index (κ1) is 16.8. The fourth-order valence-electron chi connectivity index (χ4n) is 1.53. The third-order valence-electron chi connectivity index (χ3n) is 2.57. The molecular formula is C11H24O5S. The van der Waals surface area contributed by atoms with E-state index in [9.17, 15) is 8.42 Å². The monoisotopic (exact) mass is 268 g/mol. The third-order valence-corrected chi connectivity index (χ3v) is 3.19. The van der Waals surface area contributed by atoms with Crippen molar-refractivity contribution >= 4 is 10.1 Å². The van der Waals surface area contributed by atoms with Crippen LogP contribution in [-0.4, -0.2) is 40.3 Å². The van der Waals surface area contributed by atoms with Crippen molar-refractivity contribution in [1.82, 2.24) is 0 Å². The van der Waals surface area contributed by atoms with Crippen LogP contribution in [0.4, 0.5) is 0 Å². The van der Waals surface area contributed by atoms with E-state index in [0.29, 0.717) is 25.9 Å².